The van der Waals surface area contributed by atoms with Gasteiger partial charge in [-0.2, -0.15) is 4.98 Å². The van der Waals surface area contributed by atoms with Crippen molar-refractivity contribution in [2.45, 2.75) is 6.42 Å². The fourth-order valence-electron chi connectivity index (χ4n) is 1.18. The number of carboxylic acids is 1. The van der Waals surface area contributed by atoms with Crippen molar-refractivity contribution in [1.29, 1.82) is 0 Å². The van der Waals surface area contributed by atoms with Gasteiger partial charge >= 0.3 is 5.97 Å². The summed E-state index contributed by atoms with van der Waals surface area (Å²) >= 11 is 0. The van der Waals surface area contributed by atoms with E-state index in [4.69, 9.17) is 10.8 Å². The molecule has 0 radical (unpaired) electrons. The van der Waals surface area contributed by atoms with Crippen LogP contribution < -0.4 is 5.73 Å². The van der Waals surface area contributed by atoms with E-state index in [1.54, 1.807) is 0 Å². The lowest BCUT2D eigenvalue weighted by Gasteiger charge is -1.98. The van der Waals surface area contributed by atoms with Gasteiger partial charge in [0, 0.05) is 0 Å². The summed E-state index contributed by atoms with van der Waals surface area (Å²) in [7, 11) is 0. The highest BCUT2D eigenvalue weighted by atomic mass is 16.4. The average Bonchev–Trinajstić information content (AvgIpc) is 2.50. The van der Waals surface area contributed by atoms with Gasteiger partial charge in [-0.25, -0.2) is 9.97 Å². The van der Waals surface area contributed by atoms with E-state index < -0.39 is 5.97 Å². The van der Waals surface area contributed by atoms with E-state index >= 15 is 0 Å². The molecule has 2 aromatic heterocycles. The predicted octanol–water partition coefficient (Wildman–Crippen LogP) is -0.438. The van der Waals surface area contributed by atoms with Crippen LogP contribution >= 0.6 is 0 Å². The van der Waals surface area contributed by atoms with Gasteiger partial charge < -0.3 is 15.8 Å². The van der Waals surface area contributed by atoms with Crippen LogP contribution in [-0.4, -0.2) is 31.0 Å². The number of fused-ring (bicyclic) bond motifs is 1. The quantitative estimate of drug-likeness (QED) is 0.595. The first kappa shape index (κ1) is 8.42. The van der Waals surface area contributed by atoms with Gasteiger partial charge in [-0.1, -0.05) is 0 Å². The Labute approximate surface area is 78.0 Å². The number of imidazole rings is 1. The molecule has 0 aliphatic heterocycles. The molecule has 0 saturated heterocycles. The molecule has 0 amide bonds. The zero-order valence-corrected chi connectivity index (χ0v) is 7.06. The molecule has 4 N–H and O–H groups in total. The third-order valence-electron chi connectivity index (χ3n) is 1.70. The molecule has 0 spiro atoms. The first-order valence-electron chi connectivity index (χ1n) is 3.84. The highest BCUT2D eigenvalue weighted by Crippen LogP contribution is 2.12. The molecule has 0 aromatic carbocycles. The number of rotatable bonds is 2. The number of anilines is 1. The molecular formula is C7H7N5O2. The van der Waals surface area contributed by atoms with Crippen LogP contribution in [0.3, 0.4) is 0 Å². The average molecular weight is 193 g/mol. The maximum absolute atomic E-state index is 10.5. The summed E-state index contributed by atoms with van der Waals surface area (Å²) in [5, 5.41) is 8.62. The van der Waals surface area contributed by atoms with Crippen LogP contribution in [0.2, 0.25) is 0 Å². The summed E-state index contributed by atoms with van der Waals surface area (Å²) in [6.45, 7) is 0. The molecule has 2 aromatic rings. The summed E-state index contributed by atoms with van der Waals surface area (Å²) in [6.07, 6.45) is 1.22. The summed E-state index contributed by atoms with van der Waals surface area (Å²) in [6, 6.07) is 0. The van der Waals surface area contributed by atoms with Crippen molar-refractivity contribution < 1.29 is 9.90 Å². The minimum atomic E-state index is -0.973. The number of H-pyrrole nitrogens is 1. The Bertz CT molecular complexity index is 492. The molecule has 0 fully saturated rings. The number of carbonyl (C=O) groups is 1. The third kappa shape index (κ3) is 1.35. The smallest absolute Gasteiger partial charge is 0.309 e. The number of hydrogen-bond donors (Lipinski definition) is 3. The van der Waals surface area contributed by atoms with Crippen molar-refractivity contribution in [1.82, 2.24) is 19.9 Å². The fraction of sp³-hybridized carbons (Fsp3) is 0.143. The molecule has 0 bridgehead atoms. The molecule has 14 heavy (non-hydrogen) atoms. The van der Waals surface area contributed by atoms with Gasteiger partial charge in [-0.05, 0) is 0 Å². The maximum Gasteiger partial charge on any atom is 0.309 e. The van der Waals surface area contributed by atoms with Crippen LogP contribution in [-0.2, 0) is 11.2 Å². The minimum absolute atomic E-state index is 0.0286. The van der Waals surface area contributed by atoms with E-state index in [9.17, 15) is 4.79 Å². The van der Waals surface area contributed by atoms with Crippen molar-refractivity contribution in [3.05, 3.63) is 12.0 Å². The number of carboxylic acid groups (broad SMARTS) is 1. The minimum Gasteiger partial charge on any atom is -0.481 e. The highest BCUT2D eigenvalue weighted by molar-refractivity contribution is 5.79. The summed E-state index contributed by atoms with van der Waals surface area (Å²) in [5.74, 6) is -0.945. The van der Waals surface area contributed by atoms with Gasteiger partial charge in [0.25, 0.3) is 0 Å². The molecule has 7 nitrogen and oxygen atoms in total. The zero-order chi connectivity index (χ0) is 10.1. The monoisotopic (exact) mass is 193 g/mol. The van der Waals surface area contributed by atoms with E-state index in [1.165, 1.54) is 6.33 Å². The van der Waals surface area contributed by atoms with Crippen LogP contribution in [0.1, 0.15) is 5.69 Å². The third-order valence-corrected chi connectivity index (χ3v) is 1.70. The Morgan fingerprint density at radius 2 is 2.36 bits per heavy atom. The number of aliphatic carboxylic acids is 1. The van der Waals surface area contributed by atoms with Crippen molar-refractivity contribution in [2.75, 3.05) is 5.73 Å². The molecule has 0 saturated carbocycles. The molecule has 0 aliphatic rings. The number of nitrogens with zero attached hydrogens (tertiary/aromatic N) is 3. The maximum atomic E-state index is 10.5. The van der Waals surface area contributed by atoms with Crippen LogP contribution in [0.4, 0.5) is 5.95 Å². The molecule has 0 unspecified atom stereocenters. The Morgan fingerprint density at radius 3 is 3.07 bits per heavy atom. The Hall–Kier alpha value is -2.18. The van der Waals surface area contributed by atoms with Crippen molar-refractivity contribution >= 4 is 23.1 Å². The van der Waals surface area contributed by atoms with Gasteiger partial charge in [-0.3, -0.25) is 4.79 Å². The molecular weight excluding hydrogens is 186 g/mol. The largest absolute Gasteiger partial charge is 0.481 e. The lowest BCUT2D eigenvalue weighted by Crippen LogP contribution is -2.06. The molecule has 2 heterocycles. The highest BCUT2D eigenvalue weighted by Gasteiger charge is 2.11. The Kier molecular flexibility index (Phi) is 1.77. The molecule has 0 aliphatic carbocycles. The predicted molar refractivity (Wildman–Crippen MR) is 47.4 cm³/mol. The topological polar surface area (TPSA) is 118 Å². The Balaban J connectivity index is 2.60. The standard InChI is InChI=1S/C7H7N5O2/c8-7-11-3(1-4(13)14)5-6(12-7)10-2-9-5/h2H,1H2,(H,13,14)(H3,8,9,10,11,12). The second-order valence-corrected chi connectivity index (χ2v) is 2.70. The van der Waals surface area contributed by atoms with Crippen molar-refractivity contribution in [3.8, 4) is 0 Å². The number of aromatic nitrogens is 4. The van der Waals surface area contributed by atoms with Crippen molar-refractivity contribution in [3.63, 3.8) is 0 Å². The Morgan fingerprint density at radius 1 is 1.57 bits per heavy atom. The van der Waals surface area contributed by atoms with Gasteiger partial charge in [0.15, 0.2) is 5.65 Å². The van der Waals surface area contributed by atoms with E-state index in [-0.39, 0.29) is 12.4 Å². The number of aromatic amines is 1. The number of nitrogen functional groups attached to an aromatic ring is 1. The first-order chi connectivity index (χ1) is 6.66. The molecule has 72 valence electrons. The molecule has 7 heteroatoms. The second-order valence-electron chi connectivity index (χ2n) is 2.70. The van der Waals surface area contributed by atoms with Crippen LogP contribution in [0, 0.1) is 0 Å². The summed E-state index contributed by atoms with van der Waals surface area (Å²) < 4.78 is 0. The lowest BCUT2D eigenvalue weighted by molar-refractivity contribution is -0.136. The number of nitrogens with one attached hydrogen (secondary N) is 1. The van der Waals surface area contributed by atoms with Crippen molar-refractivity contribution in [2.24, 2.45) is 0 Å². The van der Waals surface area contributed by atoms with E-state index in [1.807, 2.05) is 0 Å². The summed E-state index contributed by atoms with van der Waals surface area (Å²) in [5.41, 5.74) is 6.63. The molecule has 0 atom stereocenters. The SMILES string of the molecule is Nc1nc(CC(=O)O)c2[nH]cnc2n1. The van der Waals surface area contributed by atoms with E-state index in [2.05, 4.69) is 19.9 Å². The van der Waals surface area contributed by atoms with Gasteiger partial charge in [-0.15, -0.1) is 0 Å². The molecule has 2 rings (SSSR count). The summed E-state index contributed by atoms with van der Waals surface area (Å²) in [4.78, 5) is 24.8. The van der Waals surface area contributed by atoms with E-state index in [0.29, 0.717) is 16.9 Å². The van der Waals surface area contributed by atoms with E-state index in [0.717, 1.165) is 0 Å². The van der Waals surface area contributed by atoms with Gasteiger partial charge in [0.05, 0.1) is 18.4 Å². The number of nitrogens with two attached hydrogens (primary N) is 1. The normalized spacial score (nSPS) is 10.6. The second kappa shape index (κ2) is 2.95. The lowest BCUT2D eigenvalue weighted by atomic mass is 10.3. The van der Waals surface area contributed by atoms with Crippen LogP contribution in [0.15, 0.2) is 6.33 Å². The zero-order valence-electron chi connectivity index (χ0n) is 7.06. The van der Waals surface area contributed by atoms with Gasteiger partial charge in [0.2, 0.25) is 5.95 Å². The van der Waals surface area contributed by atoms with Crippen LogP contribution in [0.5, 0.6) is 0 Å². The van der Waals surface area contributed by atoms with Crippen LogP contribution in [0.25, 0.3) is 11.2 Å². The first-order valence-corrected chi connectivity index (χ1v) is 3.84. The number of hydrogen-bond acceptors (Lipinski definition) is 5. The van der Waals surface area contributed by atoms with Gasteiger partial charge in [0.1, 0.15) is 5.52 Å². The fourth-order valence-corrected chi connectivity index (χ4v) is 1.18.